The number of methoxy groups -OCH3 is 2. The van der Waals surface area contributed by atoms with E-state index in [4.69, 9.17) is 18.9 Å². The van der Waals surface area contributed by atoms with Gasteiger partial charge in [0.1, 0.15) is 24.6 Å². The molecule has 0 unspecified atom stereocenters. The minimum Gasteiger partial charge on any atom is -0.468 e. The molecule has 3 aromatic heterocycles. The van der Waals surface area contributed by atoms with Crippen LogP contribution in [0.4, 0.5) is 0 Å². The van der Waals surface area contributed by atoms with Crippen LogP contribution in [0.5, 0.6) is 0 Å². The number of hydrogen-bond donors (Lipinski definition) is 0. The summed E-state index contributed by atoms with van der Waals surface area (Å²) in [5.41, 5.74) is 2.02. The lowest BCUT2D eigenvalue weighted by Crippen LogP contribution is -2.40. The van der Waals surface area contributed by atoms with Crippen molar-refractivity contribution < 1.29 is 28.3 Å². The maximum absolute atomic E-state index is 13.5. The Hall–Kier alpha value is -3.69. The highest BCUT2D eigenvalue weighted by Crippen LogP contribution is 2.30. The van der Waals surface area contributed by atoms with Crippen molar-refractivity contribution in [1.29, 1.82) is 0 Å². The van der Waals surface area contributed by atoms with E-state index in [-0.39, 0.29) is 11.6 Å². The first kappa shape index (κ1) is 23.0. The second-order valence-corrected chi connectivity index (χ2v) is 7.62. The van der Waals surface area contributed by atoms with E-state index in [0.717, 1.165) is 10.5 Å². The van der Waals surface area contributed by atoms with E-state index in [1.807, 2.05) is 33.8 Å². The lowest BCUT2D eigenvalue weighted by Gasteiger charge is -2.21. The molecule has 0 aromatic carbocycles. The second-order valence-electron chi connectivity index (χ2n) is 7.62. The van der Waals surface area contributed by atoms with Gasteiger partial charge in [-0.05, 0) is 39.8 Å². The maximum atomic E-state index is 13.5. The van der Waals surface area contributed by atoms with E-state index in [1.54, 1.807) is 16.9 Å². The molecule has 0 aliphatic heterocycles. The quantitative estimate of drug-likeness (QED) is 0.513. The topological polar surface area (TPSA) is 117 Å². The smallest absolute Gasteiger partial charge is 0.325 e. The number of ether oxygens (including phenoxy) is 2. The van der Waals surface area contributed by atoms with Crippen LogP contribution in [0.2, 0.25) is 0 Å². The molecule has 0 aliphatic carbocycles. The Kier molecular flexibility index (Phi) is 6.61. The normalized spacial score (nSPS) is 11.1. The van der Waals surface area contributed by atoms with Crippen LogP contribution in [0.25, 0.3) is 22.3 Å². The molecule has 10 heteroatoms. The van der Waals surface area contributed by atoms with Gasteiger partial charge in [-0.25, -0.2) is 9.67 Å². The zero-order valence-electron chi connectivity index (χ0n) is 19.0. The number of nitrogens with zero attached hydrogens (tertiary/aromatic N) is 4. The fourth-order valence-electron chi connectivity index (χ4n) is 3.41. The molecule has 3 rings (SSSR count). The van der Waals surface area contributed by atoms with Crippen molar-refractivity contribution in [2.75, 3.05) is 27.3 Å². The van der Waals surface area contributed by atoms with E-state index in [2.05, 4.69) is 5.10 Å². The standard InChI is InChI=1S/C22H26N4O6/c1-12(2)26-21-17(9-23-26)16(8-18(24-21)15-7-13(3)32-14(15)4)22(29)25(10-19(27)30-5)11-20(28)31-6/h7-9,12H,10-11H2,1-6H3. The number of carbonyl (C=O) groups is 3. The molecule has 0 saturated heterocycles. The third kappa shape index (κ3) is 4.48. The maximum Gasteiger partial charge on any atom is 0.325 e. The predicted molar refractivity (Wildman–Crippen MR) is 115 cm³/mol. The molecule has 0 spiro atoms. The second kappa shape index (κ2) is 9.21. The van der Waals surface area contributed by atoms with Crippen molar-refractivity contribution in [2.45, 2.75) is 33.7 Å². The van der Waals surface area contributed by atoms with Crippen LogP contribution >= 0.6 is 0 Å². The van der Waals surface area contributed by atoms with E-state index < -0.39 is 30.9 Å². The van der Waals surface area contributed by atoms with Gasteiger partial charge in [-0.2, -0.15) is 5.10 Å². The number of fused-ring (bicyclic) bond motifs is 1. The third-order valence-corrected chi connectivity index (χ3v) is 4.99. The Balaban J connectivity index is 2.20. The number of esters is 2. The summed E-state index contributed by atoms with van der Waals surface area (Å²) in [5.74, 6) is -0.499. The number of hydrogen-bond acceptors (Lipinski definition) is 8. The minimum atomic E-state index is -0.660. The van der Waals surface area contributed by atoms with Crippen molar-refractivity contribution in [3.63, 3.8) is 0 Å². The average molecular weight is 442 g/mol. The van der Waals surface area contributed by atoms with Crippen LogP contribution < -0.4 is 0 Å². The fourth-order valence-corrected chi connectivity index (χ4v) is 3.41. The molecule has 10 nitrogen and oxygen atoms in total. The number of rotatable bonds is 7. The van der Waals surface area contributed by atoms with E-state index in [0.29, 0.717) is 28.2 Å². The highest BCUT2D eigenvalue weighted by Gasteiger charge is 2.27. The fraction of sp³-hybridized carbons (Fsp3) is 0.409. The van der Waals surface area contributed by atoms with Crippen LogP contribution in [-0.2, 0) is 19.1 Å². The van der Waals surface area contributed by atoms with Gasteiger partial charge < -0.3 is 18.8 Å². The third-order valence-electron chi connectivity index (χ3n) is 4.99. The molecular formula is C22H26N4O6. The Labute approximate surface area is 185 Å². The van der Waals surface area contributed by atoms with Crippen LogP contribution in [0.15, 0.2) is 22.7 Å². The first-order valence-corrected chi connectivity index (χ1v) is 10.0. The first-order valence-electron chi connectivity index (χ1n) is 10.0. The predicted octanol–water partition coefficient (Wildman–Crippen LogP) is 2.68. The summed E-state index contributed by atoms with van der Waals surface area (Å²) in [6.07, 6.45) is 1.56. The van der Waals surface area contributed by atoms with E-state index in [9.17, 15) is 14.4 Å². The largest absolute Gasteiger partial charge is 0.468 e. The highest BCUT2D eigenvalue weighted by molar-refractivity contribution is 6.08. The van der Waals surface area contributed by atoms with Gasteiger partial charge in [0.2, 0.25) is 0 Å². The van der Waals surface area contributed by atoms with Crippen molar-refractivity contribution in [3.05, 3.63) is 35.4 Å². The highest BCUT2D eigenvalue weighted by atomic mass is 16.5. The zero-order valence-corrected chi connectivity index (χ0v) is 19.0. The Morgan fingerprint density at radius 1 is 1.09 bits per heavy atom. The van der Waals surface area contributed by atoms with Gasteiger partial charge in [-0.1, -0.05) is 0 Å². The van der Waals surface area contributed by atoms with Crippen LogP contribution in [-0.4, -0.2) is 64.8 Å². The number of carbonyl (C=O) groups excluding carboxylic acids is 3. The first-order chi connectivity index (χ1) is 15.2. The lowest BCUT2D eigenvalue weighted by atomic mass is 10.1. The van der Waals surface area contributed by atoms with Gasteiger partial charge in [0.05, 0.1) is 37.1 Å². The van der Waals surface area contributed by atoms with Crippen molar-refractivity contribution in [2.24, 2.45) is 0 Å². The van der Waals surface area contributed by atoms with Gasteiger partial charge in [0.25, 0.3) is 5.91 Å². The summed E-state index contributed by atoms with van der Waals surface area (Å²) >= 11 is 0. The molecule has 32 heavy (non-hydrogen) atoms. The number of furan rings is 1. The van der Waals surface area contributed by atoms with Gasteiger partial charge >= 0.3 is 11.9 Å². The molecule has 170 valence electrons. The molecule has 0 saturated carbocycles. The molecule has 0 radical (unpaired) electrons. The van der Waals surface area contributed by atoms with Gasteiger partial charge in [0.15, 0.2) is 5.65 Å². The number of amides is 1. The average Bonchev–Trinajstić information content (AvgIpc) is 3.34. The van der Waals surface area contributed by atoms with Crippen LogP contribution in [0.3, 0.4) is 0 Å². The van der Waals surface area contributed by atoms with Crippen LogP contribution in [0, 0.1) is 13.8 Å². The summed E-state index contributed by atoms with van der Waals surface area (Å²) in [6.45, 7) is 6.73. The Morgan fingerprint density at radius 3 is 2.22 bits per heavy atom. The number of pyridine rings is 1. The van der Waals surface area contributed by atoms with E-state index >= 15 is 0 Å². The summed E-state index contributed by atoms with van der Waals surface area (Å²) < 4.78 is 16.7. The van der Waals surface area contributed by atoms with Gasteiger partial charge in [-0.15, -0.1) is 0 Å². The van der Waals surface area contributed by atoms with E-state index in [1.165, 1.54) is 14.2 Å². The van der Waals surface area contributed by atoms with Crippen molar-refractivity contribution in [1.82, 2.24) is 19.7 Å². The monoisotopic (exact) mass is 442 g/mol. The van der Waals surface area contributed by atoms with Crippen molar-refractivity contribution >= 4 is 28.9 Å². The molecule has 1 amide bonds. The van der Waals surface area contributed by atoms with Crippen molar-refractivity contribution in [3.8, 4) is 11.3 Å². The molecule has 0 fully saturated rings. The lowest BCUT2D eigenvalue weighted by molar-refractivity contribution is -0.144. The van der Waals surface area contributed by atoms with Crippen LogP contribution in [0.1, 0.15) is 41.8 Å². The van der Waals surface area contributed by atoms with Gasteiger partial charge in [0, 0.05) is 11.6 Å². The number of aromatic nitrogens is 3. The number of aryl methyl sites for hydroxylation is 2. The molecule has 0 atom stereocenters. The summed E-state index contributed by atoms with van der Waals surface area (Å²) in [4.78, 5) is 43.2. The summed E-state index contributed by atoms with van der Waals surface area (Å²) in [7, 11) is 2.42. The molecule has 0 aliphatic rings. The molecule has 3 heterocycles. The Morgan fingerprint density at radius 2 is 1.72 bits per heavy atom. The van der Waals surface area contributed by atoms with Gasteiger partial charge in [-0.3, -0.25) is 14.4 Å². The Bertz CT molecular complexity index is 1160. The molecule has 0 N–H and O–H groups in total. The summed E-state index contributed by atoms with van der Waals surface area (Å²) in [5, 5.41) is 4.90. The molecule has 3 aromatic rings. The molecular weight excluding hydrogens is 416 g/mol. The summed E-state index contributed by atoms with van der Waals surface area (Å²) in [6, 6.07) is 3.45. The zero-order chi connectivity index (χ0) is 23.6. The minimum absolute atomic E-state index is 0.00775. The SMILES string of the molecule is COC(=O)CN(CC(=O)OC)C(=O)c1cc(-c2cc(C)oc2C)nc2c1cnn2C(C)C. The molecule has 0 bridgehead atoms.